The van der Waals surface area contributed by atoms with Crippen molar-refractivity contribution in [3.63, 3.8) is 0 Å². The second-order valence-electron chi connectivity index (χ2n) is 4.54. The fraction of sp³-hybridized carbons (Fsp3) is 1.00. The van der Waals surface area contributed by atoms with Gasteiger partial charge in [0.1, 0.15) is 0 Å². The maximum atomic E-state index is 5.95. The molecule has 0 heterocycles. The molecule has 0 aromatic heterocycles. The minimum absolute atomic E-state index is 0.169. The van der Waals surface area contributed by atoms with Gasteiger partial charge in [-0.05, 0) is 0 Å². The predicted molar refractivity (Wildman–Crippen MR) is 64.9 cm³/mol. The zero-order valence-corrected chi connectivity index (χ0v) is 13.3. The van der Waals surface area contributed by atoms with E-state index in [1.165, 1.54) is 0 Å². The molecule has 0 atom stereocenters. The van der Waals surface area contributed by atoms with Crippen LogP contribution >= 0.6 is 0 Å². The fourth-order valence-electron chi connectivity index (χ4n) is 1.41. The van der Waals surface area contributed by atoms with Crippen LogP contribution in [0.3, 0.4) is 0 Å². The van der Waals surface area contributed by atoms with E-state index in [0.717, 1.165) is 5.25 Å². The van der Waals surface area contributed by atoms with Gasteiger partial charge in [0.2, 0.25) is 0 Å². The van der Waals surface area contributed by atoms with Crippen molar-refractivity contribution in [1.29, 1.82) is 0 Å². The van der Waals surface area contributed by atoms with Crippen molar-refractivity contribution >= 4 is 14.3 Å². The van der Waals surface area contributed by atoms with Crippen LogP contribution in [0.5, 0.6) is 0 Å². The van der Waals surface area contributed by atoms with E-state index in [1.54, 1.807) is 0 Å². The molecule has 0 radical (unpaired) electrons. The van der Waals surface area contributed by atoms with Gasteiger partial charge >= 0.3 is 97.6 Å². The van der Waals surface area contributed by atoms with Crippen LogP contribution in [-0.2, 0) is 11.3 Å². The van der Waals surface area contributed by atoms with E-state index in [0.29, 0.717) is 0 Å². The van der Waals surface area contributed by atoms with E-state index in [1.807, 2.05) is 41.5 Å². The van der Waals surface area contributed by atoms with Gasteiger partial charge in [-0.2, -0.15) is 0 Å². The Kier molecular flexibility index (Phi) is 7.08. The Hall–Kier alpha value is 0.423. The van der Waals surface area contributed by atoms with Crippen LogP contribution in [0, 0.1) is 0 Å². The Morgan fingerprint density at radius 2 is 1.00 bits per heavy atom. The van der Waals surface area contributed by atoms with Crippen molar-refractivity contribution in [2.24, 2.45) is 0 Å². The first kappa shape index (κ1) is 15.4. The molecule has 0 unspecified atom stereocenters. The van der Waals surface area contributed by atoms with Crippen LogP contribution in [0.15, 0.2) is 0 Å². The van der Waals surface area contributed by atoms with Crippen molar-refractivity contribution < 1.29 is 11.3 Å². The van der Waals surface area contributed by atoms with Crippen LogP contribution in [0.4, 0.5) is 0 Å². The quantitative estimate of drug-likeness (QED) is 0.669. The number of rotatable bonds is 7. The third-order valence-electron chi connectivity index (χ3n) is 1.68. The first-order chi connectivity index (χ1) is 6.81. The monoisotopic (exact) mass is 280 g/mol. The van der Waals surface area contributed by atoms with Crippen LogP contribution < -0.4 is 0 Å². The molecular formula is C11H26GeO3. The SMILES string of the molecule is C[CH2][Ge]([O]C(C)C)([O]C(C)C)[O]C(C)C. The molecular weight excluding hydrogens is 253 g/mol. The maximum absolute atomic E-state index is 5.95. The Balaban J connectivity index is 4.59. The molecule has 0 rings (SSSR count). The normalized spacial score (nSPS) is 13.2. The van der Waals surface area contributed by atoms with Crippen molar-refractivity contribution in [2.45, 2.75) is 72.0 Å². The van der Waals surface area contributed by atoms with Crippen LogP contribution in [0.25, 0.3) is 0 Å². The van der Waals surface area contributed by atoms with E-state index in [9.17, 15) is 0 Å². The zero-order valence-electron chi connectivity index (χ0n) is 11.2. The van der Waals surface area contributed by atoms with Gasteiger partial charge < -0.3 is 0 Å². The first-order valence-corrected chi connectivity index (χ1v) is 9.90. The van der Waals surface area contributed by atoms with E-state index >= 15 is 0 Å². The zero-order chi connectivity index (χ0) is 12.1. The topological polar surface area (TPSA) is 27.7 Å². The van der Waals surface area contributed by atoms with Crippen molar-refractivity contribution in [3.05, 3.63) is 0 Å². The summed E-state index contributed by atoms with van der Waals surface area (Å²) in [6.07, 6.45) is 0.507. The van der Waals surface area contributed by atoms with Crippen molar-refractivity contribution in [3.8, 4) is 0 Å². The third kappa shape index (κ3) is 6.56. The van der Waals surface area contributed by atoms with Gasteiger partial charge in [-0.15, -0.1) is 0 Å². The van der Waals surface area contributed by atoms with Gasteiger partial charge in [0.05, 0.1) is 0 Å². The molecule has 0 saturated heterocycles. The summed E-state index contributed by atoms with van der Waals surface area (Å²) in [5.74, 6) is 0. The van der Waals surface area contributed by atoms with Crippen molar-refractivity contribution in [1.82, 2.24) is 0 Å². The van der Waals surface area contributed by atoms with E-state index < -0.39 is 14.3 Å². The molecule has 0 saturated carbocycles. The molecule has 0 amide bonds. The van der Waals surface area contributed by atoms with Gasteiger partial charge in [0.15, 0.2) is 0 Å². The molecule has 0 spiro atoms. The second kappa shape index (κ2) is 6.89. The first-order valence-electron chi connectivity index (χ1n) is 5.84. The molecule has 0 aliphatic rings. The van der Waals surface area contributed by atoms with E-state index in [2.05, 4.69) is 6.92 Å². The predicted octanol–water partition coefficient (Wildman–Crippen LogP) is 3.22. The molecule has 4 heteroatoms. The molecule has 0 aliphatic heterocycles. The fourth-order valence-corrected chi connectivity index (χ4v) is 7.33. The third-order valence-corrected chi connectivity index (χ3v) is 8.72. The summed E-state index contributed by atoms with van der Waals surface area (Å²) < 4.78 is 17.9. The van der Waals surface area contributed by atoms with Crippen molar-refractivity contribution in [2.75, 3.05) is 0 Å². The average molecular weight is 279 g/mol. The van der Waals surface area contributed by atoms with Gasteiger partial charge in [-0.3, -0.25) is 0 Å². The average Bonchev–Trinajstić information content (AvgIpc) is 1.99. The second-order valence-corrected chi connectivity index (χ2v) is 10.4. The van der Waals surface area contributed by atoms with Crippen LogP contribution in [0.1, 0.15) is 48.5 Å². The summed E-state index contributed by atoms with van der Waals surface area (Å²) in [6.45, 7) is 14.3. The summed E-state index contributed by atoms with van der Waals surface area (Å²) in [6, 6.07) is 0. The summed E-state index contributed by atoms with van der Waals surface area (Å²) in [5, 5.41) is 0.870. The van der Waals surface area contributed by atoms with Crippen LogP contribution in [0.2, 0.25) is 5.25 Å². The summed E-state index contributed by atoms with van der Waals surface area (Å²) >= 11 is -3.01. The molecule has 0 fully saturated rings. The Morgan fingerprint density at radius 3 is 1.13 bits per heavy atom. The van der Waals surface area contributed by atoms with Crippen LogP contribution in [-0.4, -0.2) is 32.6 Å². The van der Waals surface area contributed by atoms with Gasteiger partial charge in [-0.25, -0.2) is 0 Å². The molecule has 0 bridgehead atoms. The van der Waals surface area contributed by atoms with E-state index in [-0.39, 0.29) is 18.3 Å². The molecule has 0 aromatic rings. The van der Waals surface area contributed by atoms with Gasteiger partial charge in [0, 0.05) is 0 Å². The Bertz CT molecular complexity index is 143. The molecule has 92 valence electrons. The van der Waals surface area contributed by atoms with Gasteiger partial charge in [0.25, 0.3) is 0 Å². The molecule has 15 heavy (non-hydrogen) atoms. The standard InChI is InChI=1S/C11H26GeO3/c1-8-12(13-9(2)3,14-10(4)5)15-11(6)7/h9-11H,8H2,1-7H3. The molecule has 0 N–H and O–H groups in total. The number of hydrogen-bond acceptors (Lipinski definition) is 3. The summed E-state index contributed by atoms with van der Waals surface area (Å²) in [5.41, 5.74) is 0. The van der Waals surface area contributed by atoms with E-state index in [4.69, 9.17) is 11.3 Å². The Labute approximate surface area is 97.9 Å². The summed E-state index contributed by atoms with van der Waals surface area (Å²) in [7, 11) is 0. The Morgan fingerprint density at radius 1 is 0.733 bits per heavy atom. The summed E-state index contributed by atoms with van der Waals surface area (Å²) in [4.78, 5) is 0. The minimum atomic E-state index is -3.01. The molecule has 0 aliphatic carbocycles. The van der Waals surface area contributed by atoms with Gasteiger partial charge in [-0.1, -0.05) is 0 Å². The molecule has 3 nitrogen and oxygen atoms in total. The number of hydrogen-bond donors (Lipinski definition) is 0. The molecule has 0 aromatic carbocycles.